The monoisotopic (exact) mass is 215 g/mol. The van der Waals surface area contributed by atoms with E-state index in [-0.39, 0.29) is 0 Å². The van der Waals surface area contributed by atoms with Crippen LogP contribution < -0.4 is 5.32 Å². The van der Waals surface area contributed by atoms with Gasteiger partial charge in [-0.25, -0.2) is 0 Å². The van der Waals surface area contributed by atoms with Crippen molar-refractivity contribution in [2.75, 3.05) is 19.3 Å². The maximum atomic E-state index is 3.61. The van der Waals surface area contributed by atoms with Gasteiger partial charge in [0.15, 0.2) is 0 Å². The fourth-order valence-electron chi connectivity index (χ4n) is 2.32. The van der Waals surface area contributed by atoms with Crippen molar-refractivity contribution in [2.24, 2.45) is 11.8 Å². The van der Waals surface area contributed by atoms with Crippen molar-refractivity contribution in [3.05, 3.63) is 0 Å². The van der Waals surface area contributed by atoms with Gasteiger partial charge in [0.05, 0.1) is 0 Å². The summed E-state index contributed by atoms with van der Waals surface area (Å²) in [5, 5.41) is 4.37. The van der Waals surface area contributed by atoms with Crippen LogP contribution in [0.2, 0.25) is 0 Å². The van der Waals surface area contributed by atoms with Crippen molar-refractivity contribution in [1.29, 1.82) is 0 Å². The Labute approximate surface area is 93.4 Å². The zero-order chi connectivity index (χ0) is 10.4. The Morgan fingerprint density at radius 2 is 2.21 bits per heavy atom. The average Bonchev–Trinajstić information content (AvgIpc) is 2.17. The smallest absolute Gasteiger partial charge is 0.0141 e. The summed E-state index contributed by atoms with van der Waals surface area (Å²) in [5.74, 6) is 1.92. The van der Waals surface area contributed by atoms with Crippen molar-refractivity contribution in [1.82, 2.24) is 5.32 Å². The molecular weight excluding hydrogens is 190 g/mol. The lowest BCUT2D eigenvalue weighted by molar-refractivity contribution is 0.275. The van der Waals surface area contributed by atoms with E-state index >= 15 is 0 Å². The standard InChI is InChI=1S/C12H25NS/c1-10-5-4-6-12(7-10)9-13-8-11(2)14-3/h10-13H,4-9H2,1-3H3. The average molecular weight is 215 g/mol. The van der Waals surface area contributed by atoms with Gasteiger partial charge in [-0.2, -0.15) is 11.8 Å². The Kier molecular flexibility index (Phi) is 5.95. The molecule has 1 fully saturated rings. The minimum atomic E-state index is 0.760. The molecule has 0 aromatic heterocycles. The summed E-state index contributed by atoms with van der Waals surface area (Å²) in [7, 11) is 0. The Bertz CT molecular complexity index is 149. The molecule has 0 aromatic carbocycles. The third kappa shape index (κ3) is 4.70. The summed E-state index contributed by atoms with van der Waals surface area (Å²) in [4.78, 5) is 0. The van der Waals surface area contributed by atoms with Crippen molar-refractivity contribution in [2.45, 2.75) is 44.8 Å². The summed E-state index contributed by atoms with van der Waals surface area (Å²) in [6.45, 7) is 7.11. The van der Waals surface area contributed by atoms with Gasteiger partial charge < -0.3 is 5.32 Å². The maximum Gasteiger partial charge on any atom is 0.0141 e. The topological polar surface area (TPSA) is 12.0 Å². The number of thioether (sulfide) groups is 1. The number of nitrogens with one attached hydrogen (secondary N) is 1. The highest BCUT2D eigenvalue weighted by Crippen LogP contribution is 2.27. The van der Waals surface area contributed by atoms with Gasteiger partial charge in [0.25, 0.3) is 0 Å². The van der Waals surface area contributed by atoms with Crippen LogP contribution in [0.15, 0.2) is 0 Å². The van der Waals surface area contributed by atoms with Gasteiger partial charge in [0.2, 0.25) is 0 Å². The van der Waals surface area contributed by atoms with E-state index in [0.717, 1.165) is 17.1 Å². The van der Waals surface area contributed by atoms with E-state index in [9.17, 15) is 0 Å². The second kappa shape index (κ2) is 6.73. The Morgan fingerprint density at radius 3 is 2.86 bits per heavy atom. The molecule has 14 heavy (non-hydrogen) atoms. The van der Waals surface area contributed by atoms with Gasteiger partial charge in [0.1, 0.15) is 0 Å². The highest BCUT2D eigenvalue weighted by molar-refractivity contribution is 7.99. The highest BCUT2D eigenvalue weighted by atomic mass is 32.2. The summed E-state index contributed by atoms with van der Waals surface area (Å²) < 4.78 is 0. The van der Waals surface area contributed by atoms with E-state index < -0.39 is 0 Å². The van der Waals surface area contributed by atoms with Crippen molar-refractivity contribution in [3.63, 3.8) is 0 Å². The molecular formula is C12H25NS. The molecule has 3 unspecified atom stereocenters. The van der Waals surface area contributed by atoms with Gasteiger partial charge in [0, 0.05) is 11.8 Å². The van der Waals surface area contributed by atoms with E-state index in [1.54, 1.807) is 0 Å². The van der Waals surface area contributed by atoms with Crippen LogP contribution in [0, 0.1) is 11.8 Å². The highest BCUT2D eigenvalue weighted by Gasteiger charge is 2.18. The molecule has 0 heterocycles. The SMILES string of the molecule is CSC(C)CNCC1CCCC(C)C1. The Morgan fingerprint density at radius 1 is 1.43 bits per heavy atom. The molecule has 0 aliphatic heterocycles. The molecule has 0 bridgehead atoms. The first-order chi connectivity index (χ1) is 6.72. The van der Waals surface area contributed by atoms with E-state index in [1.165, 1.54) is 38.8 Å². The molecule has 3 atom stereocenters. The fraction of sp³-hybridized carbons (Fsp3) is 1.00. The van der Waals surface area contributed by atoms with Crippen LogP contribution in [0.5, 0.6) is 0 Å². The van der Waals surface area contributed by atoms with Crippen LogP contribution in [0.4, 0.5) is 0 Å². The first-order valence-electron chi connectivity index (χ1n) is 5.96. The van der Waals surface area contributed by atoms with Crippen LogP contribution >= 0.6 is 11.8 Å². The first kappa shape index (κ1) is 12.4. The minimum absolute atomic E-state index is 0.760. The molecule has 84 valence electrons. The quantitative estimate of drug-likeness (QED) is 0.756. The fourth-order valence-corrected chi connectivity index (χ4v) is 2.60. The molecule has 0 spiro atoms. The molecule has 0 saturated heterocycles. The molecule has 0 radical (unpaired) electrons. The van der Waals surface area contributed by atoms with E-state index in [4.69, 9.17) is 0 Å². The van der Waals surface area contributed by atoms with Crippen LogP contribution in [-0.2, 0) is 0 Å². The molecule has 1 nitrogen and oxygen atoms in total. The second-order valence-corrected chi connectivity index (χ2v) is 6.12. The zero-order valence-corrected chi connectivity index (χ0v) is 10.7. The lowest BCUT2D eigenvalue weighted by Gasteiger charge is -2.27. The first-order valence-corrected chi connectivity index (χ1v) is 7.24. The third-order valence-electron chi connectivity index (χ3n) is 3.31. The number of hydrogen-bond acceptors (Lipinski definition) is 2. The molecule has 0 aromatic rings. The minimum Gasteiger partial charge on any atom is -0.315 e. The molecule has 1 aliphatic carbocycles. The van der Waals surface area contributed by atoms with Gasteiger partial charge in [-0.1, -0.05) is 26.7 Å². The molecule has 1 N–H and O–H groups in total. The molecule has 1 saturated carbocycles. The van der Waals surface area contributed by atoms with Crippen molar-refractivity contribution >= 4 is 11.8 Å². The third-order valence-corrected chi connectivity index (χ3v) is 4.28. The van der Waals surface area contributed by atoms with Crippen molar-refractivity contribution in [3.8, 4) is 0 Å². The Hall–Kier alpha value is 0.310. The van der Waals surface area contributed by atoms with E-state index in [1.807, 2.05) is 11.8 Å². The normalized spacial score (nSPS) is 30.2. The molecule has 1 aliphatic rings. The number of hydrogen-bond donors (Lipinski definition) is 1. The Balaban J connectivity index is 2.05. The molecule has 0 amide bonds. The van der Waals surface area contributed by atoms with Gasteiger partial charge in [-0.15, -0.1) is 0 Å². The lowest BCUT2D eigenvalue weighted by Crippen LogP contribution is -2.30. The largest absolute Gasteiger partial charge is 0.315 e. The van der Waals surface area contributed by atoms with Crippen molar-refractivity contribution < 1.29 is 0 Å². The van der Waals surface area contributed by atoms with Crippen LogP contribution in [-0.4, -0.2) is 24.6 Å². The van der Waals surface area contributed by atoms with Gasteiger partial charge in [-0.3, -0.25) is 0 Å². The zero-order valence-electron chi connectivity index (χ0n) is 9.88. The van der Waals surface area contributed by atoms with E-state index in [0.29, 0.717) is 0 Å². The van der Waals surface area contributed by atoms with Crippen LogP contribution in [0.25, 0.3) is 0 Å². The van der Waals surface area contributed by atoms with E-state index in [2.05, 4.69) is 25.4 Å². The predicted molar refractivity (Wildman–Crippen MR) is 67.0 cm³/mol. The van der Waals surface area contributed by atoms with Gasteiger partial charge in [-0.05, 0) is 37.5 Å². The summed E-state index contributed by atoms with van der Waals surface area (Å²) in [6, 6.07) is 0. The number of rotatable bonds is 5. The summed E-state index contributed by atoms with van der Waals surface area (Å²) >= 11 is 1.95. The predicted octanol–water partition coefficient (Wildman–Crippen LogP) is 3.15. The summed E-state index contributed by atoms with van der Waals surface area (Å²) in [5.41, 5.74) is 0. The second-order valence-electron chi connectivity index (χ2n) is 4.84. The van der Waals surface area contributed by atoms with Crippen LogP contribution in [0.1, 0.15) is 39.5 Å². The lowest BCUT2D eigenvalue weighted by atomic mass is 9.82. The maximum absolute atomic E-state index is 3.61. The van der Waals surface area contributed by atoms with Crippen LogP contribution in [0.3, 0.4) is 0 Å². The van der Waals surface area contributed by atoms with Gasteiger partial charge >= 0.3 is 0 Å². The molecule has 2 heteroatoms. The molecule has 1 rings (SSSR count). The summed E-state index contributed by atoms with van der Waals surface area (Å²) in [6.07, 6.45) is 7.99.